The van der Waals surface area contributed by atoms with E-state index in [2.05, 4.69) is 42.1 Å². The van der Waals surface area contributed by atoms with E-state index in [0.29, 0.717) is 12.8 Å². The molecule has 0 amide bonds. The van der Waals surface area contributed by atoms with Crippen LogP contribution in [0.15, 0.2) is 45.3 Å². The van der Waals surface area contributed by atoms with E-state index in [9.17, 15) is 9.59 Å². The predicted octanol–water partition coefficient (Wildman–Crippen LogP) is 4.92. The maximum atomic E-state index is 11.5. The van der Waals surface area contributed by atoms with Crippen molar-refractivity contribution in [2.45, 2.75) is 12.8 Å². The molecule has 2 aromatic rings. The fraction of sp³-hybridized carbons (Fsp3) is 0.263. The van der Waals surface area contributed by atoms with Crippen LogP contribution in [0.3, 0.4) is 0 Å². The summed E-state index contributed by atoms with van der Waals surface area (Å²) in [5, 5.41) is 3.19. The zero-order valence-corrected chi connectivity index (χ0v) is 17.0. The summed E-state index contributed by atoms with van der Waals surface area (Å²) in [5.74, 6) is 0.472. The first-order chi connectivity index (χ1) is 12.0. The fourth-order valence-corrected chi connectivity index (χ4v) is 4.19. The average Bonchev–Trinajstić information content (AvgIpc) is 2.60. The average molecular weight is 466 g/mol. The molecule has 2 aliphatic heterocycles. The molecular weight excluding hydrogens is 448 g/mol. The lowest BCUT2D eigenvalue weighted by molar-refractivity contribution is 0.0974. The van der Waals surface area contributed by atoms with Crippen LogP contribution in [0.1, 0.15) is 33.6 Å². The van der Waals surface area contributed by atoms with Crippen molar-refractivity contribution in [3.05, 3.63) is 56.5 Å². The van der Waals surface area contributed by atoms with Crippen LogP contribution in [0, 0.1) is 0 Å². The number of nitrogens with zero attached hydrogens (tertiary/aromatic N) is 1. The summed E-state index contributed by atoms with van der Waals surface area (Å²) in [6, 6.07) is 11.4. The molecule has 0 atom stereocenters. The van der Waals surface area contributed by atoms with Gasteiger partial charge >= 0.3 is 0 Å². The molecule has 0 radical (unpaired) electrons. The van der Waals surface area contributed by atoms with E-state index in [1.807, 2.05) is 43.4 Å². The van der Waals surface area contributed by atoms with Crippen LogP contribution in [0.25, 0.3) is 0 Å². The SMILES string of the molecule is CN1CCC(=O)c2cccc(Br)c21.O=C1CCNc2c(Br)cccc21. The van der Waals surface area contributed by atoms with Crippen LogP contribution in [0.5, 0.6) is 0 Å². The predicted molar refractivity (Wildman–Crippen MR) is 108 cm³/mol. The quantitative estimate of drug-likeness (QED) is 0.599. The second-order valence-corrected chi connectivity index (χ2v) is 7.70. The first kappa shape index (κ1) is 18.1. The van der Waals surface area contributed by atoms with Crippen molar-refractivity contribution >= 4 is 54.8 Å². The molecule has 4 nitrogen and oxygen atoms in total. The molecule has 0 spiro atoms. The summed E-state index contributed by atoms with van der Waals surface area (Å²) < 4.78 is 1.97. The number of ketones is 2. The largest absolute Gasteiger partial charge is 0.383 e. The van der Waals surface area contributed by atoms with Crippen molar-refractivity contribution in [1.29, 1.82) is 0 Å². The standard InChI is InChI=1S/C10H10BrNO.C9H8BrNO/c1-12-6-5-9(13)7-3-2-4-8(11)10(7)12;10-7-3-1-2-6-8(12)4-5-11-9(6)7/h2-4H,5-6H2,1H3;1-3,11H,4-5H2. The second-order valence-electron chi connectivity index (χ2n) is 5.99. The third-order valence-electron chi connectivity index (χ3n) is 4.31. The smallest absolute Gasteiger partial charge is 0.166 e. The Balaban J connectivity index is 0.000000146. The van der Waals surface area contributed by atoms with Gasteiger partial charge in [0.25, 0.3) is 0 Å². The summed E-state index contributed by atoms with van der Waals surface area (Å²) in [6.07, 6.45) is 1.23. The number of carbonyl (C=O) groups is 2. The van der Waals surface area contributed by atoms with Crippen molar-refractivity contribution in [3.63, 3.8) is 0 Å². The molecule has 2 aliphatic rings. The summed E-state index contributed by atoms with van der Waals surface area (Å²) in [6.45, 7) is 1.56. The van der Waals surface area contributed by atoms with Crippen LogP contribution in [-0.4, -0.2) is 31.7 Å². The van der Waals surface area contributed by atoms with Gasteiger partial charge in [-0.3, -0.25) is 9.59 Å². The minimum absolute atomic E-state index is 0.227. The molecule has 25 heavy (non-hydrogen) atoms. The fourth-order valence-electron chi connectivity index (χ4n) is 3.02. The first-order valence-electron chi connectivity index (χ1n) is 8.07. The summed E-state index contributed by atoms with van der Waals surface area (Å²) >= 11 is 6.85. The van der Waals surface area contributed by atoms with Gasteiger partial charge in [0.05, 0.1) is 11.4 Å². The third-order valence-corrected chi connectivity index (χ3v) is 5.61. The molecule has 2 heterocycles. The van der Waals surface area contributed by atoms with Crippen molar-refractivity contribution in [2.24, 2.45) is 0 Å². The Morgan fingerprint density at radius 2 is 1.56 bits per heavy atom. The number of hydrogen-bond acceptors (Lipinski definition) is 4. The van der Waals surface area contributed by atoms with Gasteiger partial charge in [0.2, 0.25) is 0 Å². The molecule has 0 unspecified atom stereocenters. The second kappa shape index (κ2) is 7.70. The molecular formula is C19H18Br2N2O2. The van der Waals surface area contributed by atoms with E-state index in [1.54, 1.807) is 0 Å². The van der Waals surface area contributed by atoms with Gasteiger partial charge in [0.1, 0.15) is 0 Å². The maximum Gasteiger partial charge on any atom is 0.166 e. The van der Waals surface area contributed by atoms with Crippen molar-refractivity contribution in [3.8, 4) is 0 Å². The number of nitrogens with one attached hydrogen (secondary N) is 1. The van der Waals surface area contributed by atoms with Crippen LogP contribution >= 0.6 is 31.9 Å². The van der Waals surface area contributed by atoms with Crippen LogP contribution in [-0.2, 0) is 0 Å². The Morgan fingerprint density at radius 1 is 0.920 bits per heavy atom. The number of rotatable bonds is 0. The Labute approximate surface area is 163 Å². The topological polar surface area (TPSA) is 49.4 Å². The van der Waals surface area contributed by atoms with Crippen LogP contribution in [0.4, 0.5) is 11.4 Å². The van der Waals surface area contributed by atoms with Gasteiger partial charge < -0.3 is 10.2 Å². The van der Waals surface area contributed by atoms with Crippen molar-refractivity contribution < 1.29 is 9.59 Å². The highest BCUT2D eigenvalue weighted by Crippen LogP contribution is 2.33. The number of benzene rings is 2. The van der Waals surface area contributed by atoms with E-state index in [0.717, 1.165) is 44.5 Å². The number of halogens is 2. The Kier molecular flexibility index (Phi) is 5.59. The van der Waals surface area contributed by atoms with Gasteiger partial charge in [0, 0.05) is 53.1 Å². The minimum Gasteiger partial charge on any atom is -0.383 e. The van der Waals surface area contributed by atoms with E-state index in [-0.39, 0.29) is 11.6 Å². The van der Waals surface area contributed by atoms with Crippen LogP contribution in [0.2, 0.25) is 0 Å². The molecule has 0 bridgehead atoms. The zero-order valence-electron chi connectivity index (χ0n) is 13.8. The molecule has 0 aromatic heterocycles. The minimum atomic E-state index is 0.227. The third kappa shape index (κ3) is 3.80. The zero-order chi connectivity index (χ0) is 18.0. The number of anilines is 2. The van der Waals surface area contributed by atoms with Gasteiger partial charge in [-0.2, -0.15) is 0 Å². The van der Waals surface area contributed by atoms with Crippen molar-refractivity contribution in [1.82, 2.24) is 0 Å². The highest BCUT2D eigenvalue weighted by atomic mass is 79.9. The lowest BCUT2D eigenvalue weighted by Crippen LogP contribution is -2.28. The monoisotopic (exact) mass is 464 g/mol. The van der Waals surface area contributed by atoms with E-state index in [1.165, 1.54) is 0 Å². The Hall–Kier alpha value is -1.66. The van der Waals surface area contributed by atoms with Gasteiger partial charge in [-0.05, 0) is 56.1 Å². The number of para-hydroxylation sites is 2. The van der Waals surface area contributed by atoms with Gasteiger partial charge in [-0.25, -0.2) is 0 Å². The lowest BCUT2D eigenvalue weighted by atomic mass is 10.0. The summed E-state index contributed by atoms with van der Waals surface area (Å²) in [5.41, 5.74) is 3.60. The van der Waals surface area contributed by atoms with Crippen molar-refractivity contribution in [2.75, 3.05) is 30.4 Å². The number of fused-ring (bicyclic) bond motifs is 2. The molecule has 4 rings (SSSR count). The van der Waals surface area contributed by atoms with Gasteiger partial charge in [-0.15, -0.1) is 0 Å². The molecule has 2 aromatic carbocycles. The molecule has 1 N–H and O–H groups in total. The molecule has 130 valence electrons. The Morgan fingerprint density at radius 3 is 2.24 bits per heavy atom. The van der Waals surface area contributed by atoms with Crippen LogP contribution < -0.4 is 10.2 Å². The molecule has 6 heteroatoms. The number of hydrogen-bond donors (Lipinski definition) is 1. The maximum absolute atomic E-state index is 11.5. The van der Waals surface area contributed by atoms with E-state index in [4.69, 9.17) is 0 Å². The summed E-state index contributed by atoms with van der Waals surface area (Å²) in [7, 11) is 2.01. The molecule has 0 fully saturated rings. The molecule has 0 saturated carbocycles. The highest BCUT2D eigenvalue weighted by Gasteiger charge is 2.22. The van der Waals surface area contributed by atoms with Gasteiger partial charge in [-0.1, -0.05) is 12.1 Å². The van der Waals surface area contributed by atoms with E-state index < -0.39 is 0 Å². The van der Waals surface area contributed by atoms with Gasteiger partial charge in [0.15, 0.2) is 11.6 Å². The molecule has 0 aliphatic carbocycles. The number of carbonyl (C=O) groups excluding carboxylic acids is 2. The highest BCUT2D eigenvalue weighted by molar-refractivity contribution is 9.11. The Bertz CT molecular complexity index is 836. The number of Topliss-reactive ketones (excluding diaryl/α,β-unsaturated/α-hetero) is 2. The lowest BCUT2D eigenvalue weighted by Gasteiger charge is -2.27. The normalized spacial score (nSPS) is 15.6. The molecule has 0 saturated heterocycles. The first-order valence-corrected chi connectivity index (χ1v) is 9.66. The summed E-state index contributed by atoms with van der Waals surface area (Å²) in [4.78, 5) is 25.0. The van der Waals surface area contributed by atoms with E-state index >= 15 is 0 Å².